The number of fused-ring (bicyclic) bond motifs is 1. The van der Waals surface area contributed by atoms with Crippen molar-refractivity contribution in [3.05, 3.63) is 101 Å². The molecular weight excluding hydrogens is 380 g/mol. The summed E-state index contributed by atoms with van der Waals surface area (Å²) >= 11 is 0. The van der Waals surface area contributed by atoms with Crippen molar-refractivity contribution < 1.29 is 14.3 Å². The maximum Gasteiger partial charge on any atom is 0.339 e. The zero-order valence-electron chi connectivity index (χ0n) is 15.9. The lowest BCUT2D eigenvalue weighted by atomic mass is 10.0. The Morgan fingerprint density at radius 2 is 1.57 bits per heavy atom. The molecule has 4 aromatic rings. The van der Waals surface area contributed by atoms with Crippen molar-refractivity contribution in [3.63, 3.8) is 0 Å². The normalized spacial score (nSPS) is 10.5. The van der Waals surface area contributed by atoms with Crippen LogP contribution in [0.4, 0.5) is 5.69 Å². The first-order valence-electron chi connectivity index (χ1n) is 9.35. The van der Waals surface area contributed by atoms with Gasteiger partial charge in [0, 0.05) is 28.2 Å². The summed E-state index contributed by atoms with van der Waals surface area (Å²) in [7, 11) is 0. The van der Waals surface area contributed by atoms with E-state index in [4.69, 9.17) is 4.74 Å². The van der Waals surface area contributed by atoms with E-state index in [1.165, 1.54) is 6.07 Å². The summed E-state index contributed by atoms with van der Waals surface area (Å²) in [6.45, 7) is -0.469. The number of benzene rings is 3. The molecule has 0 spiro atoms. The number of para-hydroxylation sites is 2. The quantitative estimate of drug-likeness (QED) is 0.498. The molecule has 0 aliphatic heterocycles. The summed E-state index contributed by atoms with van der Waals surface area (Å²) in [5, 5.41) is 3.33. The number of pyridine rings is 1. The highest BCUT2D eigenvalue weighted by atomic mass is 16.5. The standard InChI is InChI=1S/C24H18N2O4/c27-22-14-19(18-11-5-7-13-21(18)25-22)24(29)30-15-23(28)26-20-12-6-4-10-17(20)16-8-2-1-3-9-16/h1-14H,15H2,(H,25,27)(H,26,28). The minimum atomic E-state index is -0.733. The number of esters is 1. The molecular formula is C24H18N2O4. The molecule has 3 aromatic carbocycles. The van der Waals surface area contributed by atoms with Crippen LogP contribution in [0.1, 0.15) is 10.4 Å². The predicted molar refractivity (Wildman–Crippen MR) is 115 cm³/mol. The van der Waals surface area contributed by atoms with E-state index in [1.807, 2.05) is 48.5 Å². The maximum absolute atomic E-state index is 12.5. The number of amides is 1. The third-order valence-corrected chi connectivity index (χ3v) is 4.59. The summed E-state index contributed by atoms with van der Waals surface area (Å²) in [4.78, 5) is 39.4. The van der Waals surface area contributed by atoms with Crippen LogP contribution in [0, 0.1) is 0 Å². The first-order chi connectivity index (χ1) is 14.6. The maximum atomic E-state index is 12.5. The van der Waals surface area contributed by atoms with Crippen molar-refractivity contribution >= 4 is 28.5 Å². The lowest BCUT2D eigenvalue weighted by Crippen LogP contribution is -2.22. The molecule has 1 aromatic heterocycles. The second-order valence-corrected chi connectivity index (χ2v) is 6.63. The van der Waals surface area contributed by atoms with E-state index >= 15 is 0 Å². The Morgan fingerprint density at radius 3 is 2.40 bits per heavy atom. The van der Waals surface area contributed by atoms with Crippen molar-refractivity contribution in [1.29, 1.82) is 0 Å². The van der Waals surface area contributed by atoms with Crippen molar-refractivity contribution in [2.24, 2.45) is 0 Å². The number of carbonyl (C=O) groups is 2. The van der Waals surface area contributed by atoms with Gasteiger partial charge in [0.15, 0.2) is 6.61 Å². The van der Waals surface area contributed by atoms with Crippen LogP contribution in [0.5, 0.6) is 0 Å². The van der Waals surface area contributed by atoms with Crippen LogP contribution in [0.25, 0.3) is 22.0 Å². The van der Waals surface area contributed by atoms with Crippen molar-refractivity contribution in [1.82, 2.24) is 4.98 Å². The third-order valence-electron chi connectivity index (χ3n) is 4.59. The van der Waals surface area contributed by atoms with Gasteiger partial charge >= 0.3 is 5.97 Å². The molecule has 0 atom stereocenters. The van der Waals surface area contributed by atoms with E-state index in [1.54, 1.807) is 30.3 Å². The first kappa shape index (κ1) is 19.1. The molecule has 0 aliphatic rings. The number of nitrogens with one attached hydrogen (secondary N) is 2. The van der Waals surface area contributed by atoms with Crippen LogP contribution in [0.2, 0.25) is 0 Å². The smallest absolute Gasteiger partial charge is 0.339 e. The Morgan fingerprint density at radius 1 is 0.867 bits per heavy atom. The molecule has 148 valence electrons. The van der Waals surface area contributed by atoms with Gasteiger partial charge in [0.2, 0.25) is 5.56 Å². The molecule has 0 bridgehead atoms. The molecule has 30 heavy (non-hydrogen) atoms. The van der Waals surface area contributed by atoms with E-state index in [-0.39, 0.29) is 5.56 Å². The fourth-order valence-corrected chi connectivity index (χ4v) is 3.23. The summed E-state index contributed by atoms with van der Waals surface area (Å²) in [6, 6.07) is 25.1. The van der Waals surface area contributed by atoms with Gasteiger partial charge in [-0.1, -0.05) is 66.7 Å². The first-order valence-corrected chi connectivity index (χ1v) is 9.35. The van der Waals surface area contributed by atoms with Gasteiger partial charge in [0.25, 0.3) is 5.91 Å². The molecule has 0 fully saturated rings. The molecule has 6 nitrogen and oxygen atoms in total. The molecule has 1 amide bonds. The molecule has 0 radical (unpaired) electrons. The van der Waals surface area contributed by atoms with Gasteiger partial charge in [-0.25, -0.2) is 4.79 Å². The lowest BCUT2D eigenvalue weighted by Gasteiger charge is -2.12. The predicted octanol–water partition coefficient (Wildman–Crippen LogP) is 3.99. The number of aromatic nitrogens is 1. The number of rotatable bonds is 5. The highest BCUT2D eigenvalue weighted by molar-refractivity contribution is 6.04. The van der Waals surface area contributed by atoms with Crippen molar-refractivity contribution in [2.75, 3.05) is 11.9 Å². The summed E-state index contributed by atoms with van der Waals surface area (Å²) < 4.78 is 5.17. The minimum Gasteiger partial charge on any atom is -0.452 e. The van der Waals surface area contributed by atoms with Gasteiger partial charge in [-0.05, 0) is 17.7 Å². The molecule has 0 saturated heterocycles. The SMILES string of the molecule is O=C(COC(=O)c1cc(=O)[nH]c2ccccc12)Nc1ccccc1-c1ccccc1. The molecule has 0 saturated carbocycles. The number of H-pyrrole nitrogens is 1. The Hall–Kier alpha value is -4.19. The van der Waals surface area contributed by atoms with Gasteiger partial charge in [0.1, 0.15) is 0 Å². The van der Waals surface area contributed by atoms with E-state index in [9.17, 15) is 14.4 Å². The van der Waals surface area contributed by atoms with E-state index in [0.717, 1.165) is 11.1 Å². The Balaban J connectivity index is 1.48. The Kier molecular flexibility index (Phi) is 5.39. The zero-order valence-corrected chi connectivity index (χ0v) is 15.9. The van der Waals surface area contributed by atoms with Gasteiger partial charge in [-0.3, -0.25) is 9.59 Å². The molecule has 2 N–H and O–H groups in total. The van der Waals surface area contributed by atoms with E-state index < -0.39 is 24.0 Å². The number of anilines is 1. The topological polar surface area (TPSA) is 88.3 Å². The minimum absolute atomic E-state index is 0.117. The van der Waals surface area contributed by atoms with Crippen LogP contribution in [0.15, 0.2) is 89.7 Å². The largest absolute Gasteiger partial charge is 0.452 e. The summed E-state index contributed by atoms with van der Waals surface area (Å²) in [6.07, 6.45) is 0. The second-order valence-electron chi connectivity index (χ2n) is 6.63. The van der Waals surface area contributed by atoms with Crippen LogP contribution >= 0.6 is 0 Å². The average molecular weight is 398 g/mol. The number of hydrogen-bond donors (Lipinski definition) is 2. The number of ether oxygens (including phenoxy) is 1. The van der Waals surface area contributed by atoms with Crippen molar-refractivity contribution in [2.45, 2.75) is 0 Å². The Labute approximate surface area is 172 Å². The molecule has 1 heterocycles. The van der Waals surface area contributed by atoms with Crippen LogP contribution in [0.3, 0.4) is 0 Å². The number of aromatic amines is 1. The van der Waals surface area contributed by atoms with Gasteiger partial charge in [-0.15, -0.1) is 0 Å². The van der Waals surface area contributed by atoms with Crippen LogP contribution in [-0.2, 0) is 9.53 Å². The van der Waals surface area contributed by atoms with Gasteiger partial charge in [0.05, 0.1) is 5.56 Å². The number of carbonyl (C=O) groups excluding carboxylic acids is 2. The van der Waals surface area contributed by atoms with Crippen molar-refractivity contribution in [3.8, 4) is 11.1 Å². The van der Waals surface area contributed by atoms with E-state index in [2.05, 4.69) is 10.3 Å². The lowest BCUT2D eigenvalue weighted by molar-refractivity contribution is -0.119. The molecule has 6 heteroatoms. The van der Waals surface area contributed by atoms with Crippen LogP contribution in [-0.4, -0.2) is 23.5 Å². The molecule has 0 unspecified atom stereocenters. The third kappa shape index (κ3) is 4.12. The molecule has 0 aliphatic carbocycles. The van der Waals surface area contributed by atoms with E-state index in [0.29, 0.717) is 16.6 Å². The summed E-state index contributed by atoms with van der Waals surface area (Å²) in [5.74, 6) is -1.20. The Bertz CT molecular complexity index is 1280. The highest BCUT2D eigenvalue weighted by Gasteiger charge is 2.15. The highest BCUT2D eigenvalue weighted by Crippen LogP contribution is 2.27. The van der Waals surface area contributed by atoms with Gasteiger partial charge < -0.3 is 15.0 Å². The molecule has 4 rings (SSSR count). The average Bonchev–Trinajstić information content (AvgIpc) is 2.78. The fourth-order valence-electron chi connectivity index (χ4n) is 3.23. The zero-order chi connectivity index (χ0) is 20.9. The van der Waals surface area contributed by atoms with Crippen LogP contribution < -0.4 is 10.9 Å². The number of hydrogen-bond acceptors (Lipinski definition) is 4. The second kappa shape index (κ2) is 8.45. The van der Waals surface area contributed by atoms with Gasteiger partial charge in [-0.2, -0.15) is 0 Å². The summed E-state index contributed by atoms with van der Waals surface area (Å²) in [5.41, 5.74) is 2.66. The monoisotopic (exact) mass is 398 g/mol. The fraction of sp³-hybridized carbons (Fsp3) is 0.0417.